The minimum atomic E-state index is -0.132. The molecule has 1 aromatic carbocycles. The van der Waals surface area contributed by atoms with Crippen LogP contribution in [0.25, 0.3) is 33.1 Å². The molecule has 6 nitrogen and oxygen atoms in total. The topological polar surface area (TPSA) is 94.9 Å². The smallest absolute Gasteiger partial charge is 0.232 e. The van der Waals surface area contributed by atoms with Crippen LogP contribution in [0.2, 0.25) is 0 Å². The van der Waals surface area contributed by atoms with Gasteiger partial charge in [-0.25, -0.2) is 9.97 Å². The van der Waals surface area contributed by atoms with Crippen LogP contribution in [0.4, 0.5) is 5.82 Å². The first-order valence-corrected chi connectivity index (χ1v) is 6.38. The molecule has 0 spiro atoms. The molecule has 0 aliphatic carbocycles. The molecule has 3 aromatic heterocycles. The van der Waals surface area contributed by atoms with Crippen molar-refractivity contribution in [1.29, 1.82) is 0 Å². The summed E-state index contributed by atoms with van der Waals surface area (Å²) in [6.07, 6.45) is 1.33. The van der Waals surface area contributed by atoms with E-state index >= 15 is 0 Å². The van der Waals surface area contributed by atoms with Crippen molar-refractivity contribution in [2.45, 2.75) is 6.92 Å². The molecule has 2 N–H and O–H groups in total. The third-order valence-corrected chi connectivity index (χ3v) is 3.45. The molecule has 4 rings (SSSR count). The predicted octanol–water partition coefficient (Wildman–Crippen LogP) is 2.18. The zero-order valence-electron chi connectivity index (χ0n) is 11.1. The molecule has 0 aliphatic rings. The summed E-state index contributed by atoms with van der Waals surface area (Å²) in [5.41, 5.74) is 7.84. The van der Waals surface area contributed by atoms with Crippen molar-refractivity contribution in [3.05, 3.63) is 46.4 Å². The Bertz CT molecular complexity index is 1090. The highest BCUT2D eigenvalue weighted by Crippen LogP contribution is 2.23. The maximum atomic E-state index is 12.6. The summed E-state index contributed by atoms with van der Waals surface area (Å²) in [5.74, 6) is 0.290. The van der Waals surface area contributed by atoms with Crippen LogP contribution < -0.4 is 11.2 Å². The highest BCUT2D eigenvalue weighted by atomic mass is 16.3. The number of fused-ring (bicyclic) bond motifs is 3. The van der Waals surface area contributed by atoms with Crippen LogP contribution in [-0.4, -0.2) is 15.0 Å². The van der Waals surface area contributed by atoms with Gasteiger partial charge in [-0.2, -0.15) is 4.98 Å². The number of aryl methyl sites for hydroxylation is 1. The number of pyridine rings is 1. The molecule has 102 valence electrons. The van der Waals surface area contributed by atoms with E-state index in [4.69, 9.17) is 10.2 Å². The Hall–Kier alpha value is -3.02. The van der Waals surface area contributed by atoms with Crippen LogP contribution in [-0.2, 0) is 0 Å². The lowest BCUT2D eigenvalue weighted by Crippen LogP contribution is -2.05. The van der Waals surface area contributed by atoms with E-state index in [2.05, 4.69) is 15.0 Å². The Morgan fingerprint density at radius 2 is 1.95 bits per heavy atom. The minimum absolute atomic E-state index is 0.132. The summed E-state index contributed by atoms with van der Waals surface area (Å²) in [6, 6.07) is 7.10. The van der Waals surface area contributed by atoms with Gasteiger partial charge in [0.25, 0.3) is 0 Å². The largest absolute Gasteiger partial charge is 0.437 e. The van der Waals surface area contributed by atoms with Gasteiger partial charge in [-0.3, -0.25) is 4.79 Å². The fourth-order valence-electron chi connectivity index (χ4n) is 2.39. The van der Waals surface area contributed by atoms with Crippen molar-refractivity contribution < 1.29 is 4.42 Å². The van der Waals surface area contributed by atoms with Gasteiger partial charge in [0.1, 0.15) is 17.7 Å². The van der Waals surface area contributed by atoms with Crippen molar-refractivity contribution in [2.75, 3.05) is 5.73 Å². The molecule has 0 atom stereocenters. The first-order chi connectivity index (χ1) is 10.1. The number of nitrogen functional groups attached to an aromatic ring is 1. The number of nitrogens with two attached hydrogens (primary N) is 1. The van der Waals surface area contributed by atoms with E-state index in [1.807, 2.05) is 13.0 Å². The third-order valence-electron chi connectivity index (χ3n) is 3.45. The van der Waals surface area contributed by atoms with Crippen LogP contribution >= 0.6 is 0 Å². The molecule has 0 radical (unpaired) electrons. The Morgan fingerprint density at radius 1 is 1.10 bits per heavy atom. The second-order valence-corrected chi connectivity index (χ2v) is 4.90. The monoisotopic (exact) mass is 278 g/mol. The van der Waals surface area contributed by atoms with Gasteiger partial charge >= 0.3 is 0 Å². The summed E-state index contributed by atoms with van der Waals surface area (Å²) in [4.78, 5) is 24.9. The second kappa shape index (κ2) is 3.99. The number of hydrogen-bond donors (Lipinski definition) is 1. The van der Waals surface area contributed by atoms with Gasteiger partial charge in [0.15, 0.2) is 5.65 Å². The Kier molecular flexibility index (Phi) is 2.24. The fourth-order valence-corrected chi connectivity index (χ4v) is 2.39. The van der Waals surface area contributed by atoms with Crippen LogP contribution in [0.5, 0.6) is 0 Å². The van der Waals surface area contributed by atoms with E-state index in [0.29, 0.717) is 27.4 Å². The lowest BCUT2D eigenvalue weighted by Gasteiger charge is -2.04. The molecule has 6 heteroatoms. The number of anilines is 1. The molecule has 0 fully saturated rings. The molecule has 0 bridgehead atoms. The summed E-state index contributed by atoms with van der Waals surface area (Å²) >= 11 is 0. The maximum Gasteiger partial charge on any atom is 0.232 e. The van der Waals surface area contributed by atoms with Gasteiger partial charge in [0.05, 0.1) is 16.2 Å². The standard InChI is InChI=1S/C15H10N4O2/c1-7-2-3-11-8(4-7)12(20)9-5-10-13(16)17-6-18-14(10)19-15(9)21-11/h2-6H,1H3,(H2,16,17,18,19). The third kappa shape index (κ3) is 1.66. The molecule has 0 aliphatic heterocycles. The number of hydrogen-bond acceptors (Lipinski definition) is 6. The quantitative estimate of drug-likeness (QED) is 0.495. The Balaban J connectivity index is 2.26. The highest BCUT2D eigenvalue weighted by molar-refractivity contribution is 5.97. The normalized spacial score (nSPS) is 11.5. The van der Waals surface area contributed by atoms with Gasteiger partial charge in [-0.05, 0) is 25.1 Å². The van der Waals surface area contributed by atoms with Crippen LogP contribution in [0.3, 0.4) is 0 Å². The first-order valence-electron chi connectivity index (χ1n) is 6.38. The van der Waals surface area contributed by atoms with Crippen LogP contribution in [0.1, 0.15) is 5.56 Å². The van der Waals surface area contributed by atoms with Gasteiger partial charge in [-0.1, -0.05) is 11.6 Å². The highest BCUT2D eigenvalue weighted by Gasteiger charge is 2.12. The van der Waals surface area contributed by atoms with E-state index in [1.54, 1.807) is 18.2 Å². The summed E-state index contributed by atoms with van der Waals surface area (Å²) in [6.45, 7) is 1.92. The first kappa shape index (κ1) is 11.8. The molecular weight excluding hydrogens is 268 g/mol. The van der Waals surface area contributed by atoms with Crippen molar-refractivity contribution in [2.24, 2.45) is 0 Å². The number of nitrogens with zero attached hydrogens (tertiary/aromatic N) is 3. The number of aromatic nitrogens is 3. The summed E-state index contributed by atoms with van der Waals surface area (Å²) in [7, 11) is 0. The zero-order valence-corrected chi connectivity index (χ0v) is 11.1. The van der Waals surface area contributed by atoms with Crippen LogP contribution in [0.15, 0.2) is 39.8 Å². The van der Waals surface area contributed by atoms with Gasteiger partial charge in [0, 0.05) is 0 Å². The lowest BCUT2D eigenvalue weighted by atomic mass is 10.1. The molecule has 3 heterocycles. The molecular formula is C15H10N4O2. The number of benzene rings is 1. The Labute approximate surface area is 118 Å². The molecule has 0 saturated carbocycles. The van der Waals surface area contributed by atoms with Gasteiger partial charge in [0.2, 0.25) is 11.1 Å². The summed E-state index contributed by atoms with van der Waals surface area (Å²) < 4.78 is 5.72. The fraction of sp³-hybridized carbons (Fsp3) is 0.0667. The van der Waals surface area contributed by atoms with E-state index < -0.39 is 0 Å². The van der Waals surface area contributed by atoms with Crippen molar-refractivity contribution in [3.63, 3.8) is 0 Å². The summed E-state index contributed by atoms with van der Waals surface area (Å²) in [5, 5.41) is 1.45. The van der Waals surface area contributed by atoms with Crippen molar-refractivity contribution in [3.8, 4) is 0 Å². The van der Waals surface area contributed by atoms with E-state index in [0.717, 1.165) is 5.56 Å². The second-order valence-electron chi connectivity index (χ2n) is 4.90. The Morgan fingerprint density at radius 3 is 2.81 bits per heavy atom. The van der Waals surface area contributed by atoms with E-state index in [-0.39, 0.29) is 17.0 Å². The number of rotatable bonds is 0. The molecule has 0 amide bonds. The molecule has 0 unspecified atom stereocenters. The van der Waals surface area contributed by atoms with Crippen molar-refractivity contribution >= 4 is 38.9 Å². The SMILES string of the molecule is Cc1ccc2oc3nc4ncnc(N)c4cc3c(=O)c2c1. The lowest BCUT2D eigenvalue weighted by molar-refractivity contribution is 0.646. The molecule has 4 aromatic rings. The average Bonchev–Trinajstić information content (AvgIpc) is 2.47. The minimum Gasteiger partial charge on any atom is -0.437 e. The van der Waals surface area contributed by atoms with Crippen LogP contribution in [0, 0.1) is 6.92 Å². The van der Waals surface area contributed by atoms with Gasteiger partial charge in [-0.15, -0.1) is 0 Å². The zero-order chi connectivity index (χ0) is 14.6. The van der Waals surface area contributed by atoms with Gasteiger partial charge < -0.3 is 10.2 Å². The predicted molar refractivity (Wildman–Crippen MR) is 80.0 cm³/mol. The average molecular weight is 278 g/mol. The maximum absolute atomic E-state index is 12.6. The van der Waals surface area contributed by atoms with Crippen molar-refractivity contribution in [1.82, 2.24) is 15.0 Å². The van der Waals surface area contributed by atoms with E-state index in [9.17, 15) is 4.79 Å². The van der Waals surface area contributed by atoms with E-state index in [1.165, 1.54) is 6.33 Å². The molecule has 21 heavy (non-hydrogen) atoms. The molecule has 0 saturated heterocycles.